The summed E-state index contributed by atoms with van der Waals surface area (Å²) in [5, 5.41) is 22.7. The Labute approximate surface area is 236 Å². The Morgan fingerprint density at radius 3 is 1.53 bits per heavy atom. The normalized spacial score (nSPS) is 13.7. The summed E-state index contributed by atoms with van der Waals surface area (Å²) in [5.74, 6) is -0.0870. The van der Waals surface area contributed by atoms with Gasteiger partial charge < -0.3 is 15.5 Å². The van der Waals surface area contributed by atoms with E-state index < -0.39 is 12.1 Å². The minimum absolute atomic E-state index is 0.0870. The van der Waals surface area contributed by atoms with Gasteiger partial charge >= 0.3 is 0 Å². The summed E-state index contributed by atoms with van der Waals surface area (Å²) in [4.78, 5) is 12.2. The van der Waals surface area contributed by atoms with Crippen LogP contribution in [0.4, 0.5) is 0 Å². The lowest BCUT2D eigenvalue weighted by atomic mass is 10.1. The maximum absolute atomic E-state index is 12.2. The molecule has 2 atom stereocenters. The van der Waals surface area contributed by atoms with Crippen molar-refractivity contribution in [2.75, 3.05) is 6.61 Å². The smallest absolute Gasteiger partial charge is 0.220 e. The minimum atomic E-state index is -0.861. The molecular weight excluding hydrogens is 470 g/mol. The van der Waals surface area contributed by atoms with Crippen molar-refractivity contribution in [1.82, 2.24) is 5.32 Å². The van der Waals surface area contributed by atoms with E-state index in [0.29, 0.717) is 6.42 Å². The van der Waals surface area contributed by atoms with Crippen molar-refractivity contribution in [1.29, 1.82) is 0 Å². The van der Waals surface area contributed by atoms with Gasteiger partial charge in [-0.1, -0.05) is 127 Å². The van der Waals surface area contributed by atoms with Gasteiger partial charge in [0, 0.05) is 6.42 Å². The third kappa shape index (κ3) is 26.2. The predicted molar refractivity (Wildman–Crippen MR) is 165 cm³/mol. The molecule has 0 radical (unpaired) electrons. The van der Waals surface area contributed by atoms with Crippen LogP contribution in [0, 0.1) is 0 Å². The second-order valence-corrected chi connectivity index (χ2v) is 10.9. The summed E-state index contributed by atoms with van der Waals surface area (Å²) in [6.45, 7) is 4.24. The Morgan fingerprint density at radius 1 is 0.605 bits per heavy atom. The highest BCUT2D eigenvalue weighted by Gasteiger charge is 2.17. The third-order valence-electron chi connectivity index (χ3n) is 7.10. The molecule has 0 fully saturated rings. The number of allylic oxidation sites excluding steroid dienone is 5. The molecule has 0 aromatic carbocycles. The fourth-order valence-electron chi connectivity index (χ4n) is 4.54. The molecule has 0 saturated carbocycles. The number of aliphatic hydroxyl groups is 2. The summed E-state index contributed by atoms with van der Waals surface area (Å²) < 4.78 is 0. The molecule has 38 heavy (non-hydrogen) atoms. The van der Waals surface area contributed by atoms with Gasteiger partial charge in [0.2, 0.25) is 5.91 Å². The van der Waals surface area contributed by atoms with Crippen LogP contribution >= 0.6 is 0 Å². The van der Waals surface area contributed by atoms with Gasteiger partial charge in [0.15, 0.2) is 0 Å². The van der Waals surface area contributed by atoms with Gasteiger partial charge in [0.05, 0.1) is 18.8 Å². The van der Waals surface area contributed by atoms with Gasteiger partial charge in [0.25, 0.3) is 0 Å². The van der Waals surface area contributed by atoms with E-state index in [4.69, 9.17) is 0 Å². The number of amides is 1. The lowest BCUT2D eigenvalue weighted by Crippen LogP contribution is -2.45. The van der Waals surface area contributed by atoms with Gasteiger partial charge in [-0.2, -0.15) is 0 Å². The van der Waals surface area contributed by atoms with Crippen LogP contribution in [0.5, 0.6) is 0 Å². The van der Waals surface area contributed by atoms with Crippen LogP contribution in [0.15, 0.2) is 36.5 Å². The quantitative estimate of drug-likeness (QED) is 0.0693. The zero-order valence-electron chi connectivity index (χ0n) is 25.2. The van der Waals surface area contributed by atoms with E-state index in [0.717, 1.165) is 44.9 Å². The van der Waals surface area contributed by atoms with Gasteiger partial charge in [0.1, 0.15) is 0 Å². The average molecular weight is 534 g/mol. The molecule has 1 amide bonds. The van der Waals surface area contributed by atoms with Crippen molar-refractivity contribution in [3.05, 3.63) is 36.5 Å². The number of nitrogens with one attached hydrogen (secondary N) is 1. The molecule has 0 unspecified atom stereocenters. The second kappa shape index (κ2) is 30.2. The Morgan fingerprint density at radius 2 is 1.03 bits per heavy atom. The molecule has 0 aliphatic rings. The largest absolute Gasteiger partial charge is 0.394 e. The van der Waals surface area contributed by atoms with E-state index in [-0.39, 0.29) is 12.5 Å². The molecule has 0 heterocycles. The van der Waals surface area contributed by atoms with Crippen LogP contribution in [0.25, 0.3) is 0 Å². The van der Waals surface area contributed by atoms with Crippen molar-refractivity contribution >= 4 is 5.91 Å². The maximum Gasteiger partial charge on any atom is 0.220 e. The highest BCUT2D eigenvalue weighted by atomic mass is 16.3. The Bertz CT molecular complexity index is 584. The first kappa shape index (κ1) is 36.6. The first-order chi connectivity index (χ1) is 18.7. The molecule has 0 aromatic rings. The van der Waals surface area contributed by atoms with Crippen molar-refractivity contribution in [3.63, 3.8) is 0 Å². The lowest BCUT2D eigenvalue weighted by molar-refractivity contribution is -0.123. The topological polar surface area (TPSA) is 69.6 Å². The monoisotopic (exact) mass is 533 g/mol. The van der Waals surface area contributed by atoms with E-state index >= 15 is 0 Å². The Balaban J connectivity index is 3.72. The van der Waals surface area contributed by atoms with Crippen molar-refractivity contribution in [2.45, 2.75) is 167 Å². The van der Waals surface area contributed by atoms with Gasteiger partial charge in [-0.15, -0.1) is 0 Å². The Kier molecular flexibility index (Phi) is 29.1. The third-order valence-corrected chi connectivity index (χ3v) is 7.10. The van der Waals surface area contributed by atoms with Crippen molar-refractivity contribution < 1.29 is 15.0 Å². The first-order valence-corrected chi connectivity index (χ1v) is 16.2. The lowest BCUT2D eigenvalue weighted by Gasteiger charge is -2.19. The molecule has 0 aliphatic carbocycles. The highest BCUT2D eigenvalue weighted by Crippen LogP contribution is 2.10. The summed E-state index contributed by atoms with van der Waals surface area (Å²) in [5.41, 5.74) is 0. The van der Waals surface area contributed by atoms with E-state index in [1.807, 2.05) is 6.08 Å². The molecule has 0 rings (SSSR count). The molecule has 3 N–H and O–H groups in total. The van der Waals surface area contributed by atoms with E-state index in [9.17, 15) is 15.0 Å². The fraction of sp³-hybridized carbons (Fsp3) is 0.794. The van der Waals surface area contributed by atoms with Crippen molar-refractivity contribution in [2.24, 2.45) is 0 Å². The average Bonchev–Trinajstić information content (AvgIpc) is 2.92. The SMILES string of the molecule is CCCCCCC/C=C/CC/C=C/[C@@H](O)[C@H](CO)NC(=O)CCCCCCC/C=C/CCCCCCCC. The Hall–Kier alpha value is -1.39. The standard InChI is InChI=1S/C34H63NO3/c1-3-5-7-9-11-13-15-16-17-18-20-22-24-26-28-30-34(38)35-32(31-36)33(37)29-27-25-23-21-19-14-12-10-8-6-4-2/h16-17,19,21,27,29,32-33,36-37H,3-15,18,20,22-26,28,30-31H2,1-2H3,(H,35,38)/b17-16+,21-19+,29-27+/t32-,33+/m0/s1. The molecule has 0 aromatic heterocycles. The van der Waals surface area contributed by atoms with E-state index in [1.165, 1.54) is 89.9 Å². The van der Waals surface area contributed by atoms with Crippen LogP contribution in [-0.2, 0) is 4.79 Å². The molecule has 222 valence electrons. The molecule has 4 heteroatoms. The number of hydrogen-bond donors (Lipinski definition) is 3. The summed E-state index contributed by atoms with van der Waals surface area (Å²) in [6, 6.07) is -0.638. The van der Waals surface area contributed by atoms with Crippen LogP contribution < -0.4 is 5.32 Å². The van der Waals surface area contributed by atoms with Crippen LogP contribution in [0.3, 0.4) is 0 Å². The van der Waals surface area contributed by atoms with Crippen LogP contribution in [0.2, 0.25) is 0 Å². The summed E-state index contributed by atoms with van der Waals surface area (Å²) in [7, 11) is 0. The minimum Gasteiger partial charge on any atom is -0.394 e. The highest BCUT2D eigenvalue weighted by molar-refractivity contribution is 5.76. The van der Waals surface area contributed by atoms with E-state index in [2.05, 4.69) is 43.5 Å². The predicted octanol–water partition coefficient (Wildman–Crippen LogP) is 9.12. The van der Waals surface area contributed by atoms with Crippen molar-refractivity contribution in [3.8, 4) is 0 Å². The molecule has 0 spiro atoms. The van der Waals surface area contributed by atoms with Gasteiger partial charge in [-0.3, -0.25) is 4.79 Å². The summed E-state index contributed by atoms with van der Waals surface area (Å²) in [6.07, 6.45) is 37.9. The molecule has 0 bridgehead atoms. The number of carbonyl (C=O) groups is 1. The fourth-order valence-corrected chi connectivity index (χ4v) is 4.54. The summed E-state index contributed by atoms with van der Waals surface area (Å²) >= 11 is 0. The number of aliphatic hydroxyl groups excluding tert-OH is 2. The van der Waals surface area contributed by atoms with Gasteiger partial charge in [-0.05, 0) is 57.8 Å². The van der Waals surface area contributed by atoms with E-state index in [1.54, 1.807) is 6.08 Å². The zero-order chi connectivity index (χ0) is 27.9. The number of carbonyl (C=O) groups excluding carboxylic acids is 1. The molecule has 0 aliphatic heterocycles. The molecule has 4 nitrogen and oxygen atoms in total. The first-order valence-electron chi connectivity index (χ1n) is 16.2. The maximum atomic E-state index is 12.2. The zero-order valence-corrected chi connectivity index (χ0v) is 25.2. The van der Waals surface area contributed by atoms with Crippen LogP contribution in [-0.4, -0.2) is 34.9 Å². The number of rotatable bonds is 28. The van der Waals surface area contributed by atoms with Gasteiger partial charge in [-0.25, -0.2) is 0 Å². The van der Waals surface area contributed by atoms with Crippen LogP contribution in [0.1, 0.15) is 155 Å². The number of unbranched alkanes of at least 4 members (excludes halogenated alkanes) is 17. The second-order valence-electron chi connectivity index (χ2n) is 10.9. The number of hydrogen-bond acceptors (Lipinski definition) is 3. The molecular formula is C34H63NO3. The molecule has 0 saturated heterocycles.